The zero-order chi connectivity index (χ0) is 14.4. The fourth-order valence-electron chi connectivity index (χ4n) is 3.58. The summed E-state index contributed by atoms with van der Waals surface area (Å²) in [6, 6.07) is 8.34. The average molecular weight is 318 g/mol. The number of hydrogen-bond donors (Lipinski definition) is 0. The monoisotopic (exact) mass is 317 g/mol. The molecule has 0 amide bonds. The van der Waals surface area contributed by atoms with Crippen molar-refractivity contribution in [3.63, 3.8) is 0 Å². The summed E-state index contributed by atoms with van der Waals surface area (Å²) in [5.41, 5.74) is 0.826. The Balaban J connectivity index is 0.00000144. The molecule has 0 bridgehead atoms. The molecule has 2 unspecified atom stereocenters. The van der Waals surface area contributed by atoms with Crippen LogP contribution in [0.1, 0.15) is 20.3 Å². The Labute approximate surface area is 135 Å². The van der Waals surface area contributed by atoms with Crippen LogP contribution in [0, 0.1) is 11.8 Å². The summed E-state index contributed by atoms with van der Waals surface area (Å²) in [5, 5.41) is 15.3. The Hall–Kier alpha value is -1.88. The van der Waals surface area contributed by atoms with Crippen molar-refractivity contribution < 1.29 is 0 Å². The molecule has 6 heteroatoms. The summed E-state index contributed by atoms with van der Waals surface area (Å²) in [7, 11) is 0. The third-order valence-electron chi connectivity index (χ3n) is 4.31. The minimum atomic E-state index is 0. The van der Waals surface area contributed by atoms with Crippen molar-refractivity contribution in [2.45, 2.75) is 20.3 Å². The molecule has 2 aromatic heterocycles. The van der Waals surface area contributed by atoms with Gasteiger partial charge in [-0.1, -0.05) is 38.1 Å². The van der Waals surface area contributed by atoms with Crippen LogP contribution < -0.4 is 4.90 Å². The van der Waals surface area contributed by atoms with E-state index in [1.807, 2.05) is 6.07 Å². The number of aromatic nitrogens is 4. The van der Waals surface area contributed by atoms with Crippen molar-refractivity contribution in [3.8, 4) is 0 Å². The van der Waals surface area contributed by atoms with Gasteiger partial charge in [-0.3, -0.25) is 0 Å². The SMILES string of the molecule is CC1CC(C)CN(c2nn3cnnc3c3ccccc23)C1.Cl. The first-order valence-corrected chi connectivity index (χ1v) is 7.56. The van der Waals surface area contributed by atoms with Gasteiger partial charge in [0.05, 0.1) is 0 Å². The van der Waals surface area contributed by atoms with Gasteiger partial charge in [0.2, 0.25) is 0 Å². The molecular formula is C16H20ClN5. The fourth-order valence-corrected chi connectivity index (χ4v) is 3.58. The Morgan fingerprint density at radius 1 is 1.05 bits per heavy atom. The minimum Gasteiger partial charge on any atom is -0.354 e. The van der Waals surface area contributed by atoms with Gasteiger partial charge in [0.1, 0.15) is 6.33 Å². The molecular weight excluding hydrogens is 298 g/mol. The largest absolute Gasteiger partial charge is 0.354 e. The molecule has 0 aliphatic carbocycles. The maximum atomic E-state index is 4.77. The van der Waals surface area contributed by atoms with Crippen molar-refractivity contribution in [1.82, 2.24) is 19.8 Å². The van der Waals surface area contributed by atoms with Crippen LogP contribution in [-0.4, -0.2) is 32.9 Å². The molecule has 1 aliphatic heterocycles. The molecule has 3 aromatic rings. The van der Waals surface area contributed by atoms with Crippen LogP contribution >= 0.6 is 12.4 Å². The van der Waals surface area contributed by atoms with Crippen LogP contribution in [-0.2, 0) is 0 Å². The Kier molecular flexibility index (Phi) is 3.91. The van der Waals surface area contributed by atoms with E-state index >= 15 is 0 Å². The lowest BCUT2D eigenvalue weighted by molar-refractivity contribution is 0.355. The summed E-state index contributed by atoms with van der Waals surface area (Å²) in [6.45, 7) is 6.77. The number of nitrogens with zero attached hydrogens (tertiary/aromatic N) is 5. The molecule has 4 rings (SSSR count). The van der Waals surface area contributed by atoms with Gasteiger partial charge in [-0.15, -0.1) is 27.7 Å². The smallest absolute Gasteiger partial charge is 0.185 e. The average Bonchev–Trinajstić information content (AvgIpc) is 2.94. The lowest BCUT2D eigenvalue weighted by Gasteiger charge is -2.36. The quantitative estimate of drug-likeness (QED) is 0.691. The molecule has 0 spiro atoms. The highest BCUT2D eigenvalue weighted by atomic mass is 35.5. The highest BCUT2D eigenvalue weighted by Gasteiger charge is 2.25. The lowest BCUT2D eigenvalue weighted by Crippen LogP contribution is -2.39. The van der Waals surface area contributed by atoms with E-state index in [0.29, 0.717) is 11.8 Å². The molecule has 116 valence electrons. The van der Waals surface area contributed by atoms with E-state index in [-0.39, 0.29) is 12.4 Å². The van der Waals surface area contributed by atoms with Gasteiger partial charge in [-0.25, -0.2) is 0 Å². The molecule has 0 saturated carbocycles. The Bertz CT molecular complexity index is 789. The van der Waals surface area contributed by atoms with Crippen LogP contribution in [0.25, 0.3) is 16.4 Å². The van der Waals surface area contributed by atoms with Gasteiger partial charge in [0, 0.05) is 23.9 Å². The summed E-state index contributed by atoms with van der Waals surface area (Å²) in [4.78, 5) is 2.42. The summed E-state index contributed by atoms with van der Waals surface area (Å²) in [6.07, 6.45) is 2.98. The van der Waals surface area contributed by atoms with Crippen molar-refractivity contribution >= 4 is 34.6 Å². The van der Waals surface area contributed by atoms with Gasteiger partial charge in [-0.05, 0) is 18.3 Å². The molecule has 0 radical (unpaired) electrons. The first-order valence-electron chi connectivity index (χ1n) is 7.56. The third-order valence-corrected chi connectivity index (χ3v) is 4.31. The molecule has 3 heterocycles. The van der Waals surface area contributed by atoms with Crippen molar-refractivity contribution in [2.24, 2.45) is 11.8 Å². The van der Waals surface area contributed by atoms with Crippen LogP contribution in [0.3, 0.4) is 0 Å². The molecule has 2 atom stereocenters. The van der Waals surface area contributed by atoms with E-state index < -0.39 is 0 Å². The highest BCUT2D eigenvalue weighted by Crippen LogP contribution is 2.31. The first-order chi connectivity index (χ1) is 10.2. The second-order valence-electron chi connectivity index (χ2n) is 6.32. The number of benzene rings is 1. The normalized spacial score (nSPS) is 22.0. The minimum absolute atomic E-state index is 0. The number of piperidine rings is 1. The molecule has 22 heavy (non-hydrogen) atoms. The van der Waals surface area contributed by atoms with E-state index in [1.165, 1.54) is 11.8 Å². The maximum absolute atomic E-state index is 4.77. The van der Waals surface area contributed by atoms with E-state index in [4.69, 9.17) is 5.10 Å². The number of fused-ring (bicyclic) bond motifs is 3. The molecule has 1 aromatic carbocycles. The number of halogens is 1. The van der Waals surface area contributed by atoms with Crippen LogP contribution in [0.5, 0.6) is 0 Å². The van der Waals surface area contributed by atoms with Crippen LogP contribution in [0.15, 0.2) is 30.6 Å². The zero-order valence-corrected chi connectivity index (χ0v) is 13.6. The van der Waals surface area contributed by atoms with E-state index in [2.05, 4.69) is 47.1 Å². The first kappa shape index (κ1) is 15.0. The second-order valence-corrected chi connectivity index (χ2v) is 6.32. The molecule has 1 fully saturated rings. The van der Waals surface area contributed by atoms with E-state index in [0.717, 1.165) is 29.9 Å². The Morgan fingerprint density at radius 2 is 1.73 bits per heavy atom. The molecule has 1 aliphatic rings. The van der Waals surface area contributed by atoms with Crippen LogP contribution in [0.4, 0.5) is 5.82 Å². The van der Waals surface area contributed by atoms with Crippen molar-refractivity contribution in [1.29, 1.82) is 0 Å². The maximum Gasteiger partial charge on any atom is 0.185 e. The zero-order valence-electron chi connectivity index (χ0n) is 12.8. The van der Waals surface area contributed by atoms with Gasteiger partial charge in [0.15, 0.2) is 11.5 Å². The predicted octanol–water partition coefficient (Wildman–Crippen LogP) is 3.18. The number of anilines is 1. The van der Waals surface area contributed by atoms with E-state index in [1.54, 1.807) is 10.8 Å². The molecule has 0 N–H and O–H groups in total. The number of rotatable bonds is 1. The lowest BCUT2D eigenvalue weighted by atomic mass is 9.92. The van der Waals surface area contributed by atoms with Gasteiger partial charge in [-0.2, -0.15) is 4.52 Å². The van der Waals surface area contributed by atoms with Crippen LogP contribution in [0.2, 0.25) is 0 Å². The van der Waals surface area contributed by atoms with Crippen molar-refractivity contribution in [3.05, 3.63) is 30.6 Å². The Morgan fingerprint density at radius 3 is 2.45 bits per heavy atom. The van der Waals surface area contributed by atoms with E-state index in [9.17, 15) is 0 Å². The molecule has 5 nitrogen and oxygen atoms in total. The van der Waals surface area contributed by atoms with Gasteiger partial charge < -0.3 is 4.90 Å². The fraction of sp³-hybridized carbons (Fsp3) is 0.438. The standard InChI is InChI=1S/C16H19N5.ClH/c1-11-7-12(2)9-20(8-11)16-14-6-4-3-5-13(14)15-18-17-10-21(15)19-16;/h3-6,10-12H,7-9H2,1-2H3;1H. The second kappa shape index (κ2) is 5.72. The summed E-state index contributed by atoms with van der Waals surface area (Å²) < 4.78 is 1.79. The van der Waals surface area contributed by atoms with Crippen molar-refractivity contribution in [2.75, 3.05) is 18.0 Å². The number of hydrogen-bond acceptors (Lipinski definition) is 4. The summed E-state index contributed by atoms with van der Waals surface area (Å²) in [5.74, 6) is 2.45. The van der Waals surface area contributed by atoms with Gasteiger partial charge in [0.25, 0.3) is 0 Å². The summed E-state index contributed by atoms with van der Waals surface area (Å²) >= 11 is 0. The van der Waals surface area contributed by atoms with Gasteiger partial charge >= 0.3 is 0 Å². The third kappa shape index (κ3) is 2.39. The predicted molar refractivity (Wildman–Crippen MR) is 90.7 cm³/mol. The molecule has 1 saturated heterocycles. The highest BCUT2D eigenvalue weighted by molar-refractivity contribution is 6.00. The topological polar surface area (TPSA) is 46.3 Å².